The Hall–Kier alpha value is -2.81. The van der Waals surface area contributed by atoms with Gasteiger partial charge in [0.15, 0.2) is 11.5 Å². The zero-order chi connectivity index (χ0) is 19.4. The summed E-state index contributed by atoms with van der Waals surface area (Å²) in [6, 6.07) is -0.267. The Balaban J connectivity index is 1.77. The van der Waals surface area contributed by atoms with Crippen molar-refractivity contribution in [2.45, 2.75) is 46.8 Å². The monoisotopic (exact) mass is 370 g/mol. The first kappa shape index (κ1) is 19.0. The lowest BCUT2D eigenvalue weighted by molar-refractivity contribution is 0.0939. The molecule has 3 aromatic rings. The van der Waals surface area contributed by atoms with E-state index in [1.165, 1.54) is 0 Å². The molecule has 0 aliphatic heterocycles. The third kappa shape index (κ3) is 3.97. The fraction of sp³-hybridized carbons (Fsp3) is 0.500. The van der Waals surface area contributed by atoms with Crippen LogP contribution < -0.4 is 5.32 Å². The minimum absolute atomic E-state index is 0.229. The lowest BCUT2D eigenvalue weighted by atomic mass is 10.2. The van der Waals surface area contributed by atoms with Gasteiger partial charge in [-0.3, -0.25) is 9.69 Å². The molecule has 27 heavy (non-hydrogen) atoms. The number of amides is 1. The van der Waals surface area contributed by atoms with Crippen molar-refractivity contribution >= 4 is 11.6 Å². The molecule has 0 unspecified atom stereocenters. The summed E-state index contributed by atoms with van der Waals surface area (Å²) in [5, 5.41) is 15.3. The van der Waals surface area contributed by atoms with Crippen LogP contribution in [0.1, 0.15) is 55.5 Å². The number of nitrogens with one attached hydrogen (secondary N) is 1. The van der Waals surface area contributed by atoms with E-state index in [9.17, 15) is 4.79 Å². The molecule has 0 aliphatic rings. The summed E-state index contributed by atoms with van der Waals surface area (Å²) in [6.07, 6.45) is 6.94. The molecular weight excluding hydrogens is 344 g/mol. The van der Waals surface area contributed by atoms with Crippen LogP contribution >= 0.6 is 0 Å². The van der Waals surface area contributed by atoms with Crippen molar-refractivity contribution in [2.75, 3.05) is 13.1 Å². The zero-order valence-corrected chi connectivity index (χ0v) is 16.3. The number of hydrogen-bond donors (Lipinski definition) is 1. The second-order valence-corrected chi connectivity index (χ2v) is 6.42. The van der Waals surface area contributed by atoms with Crippen LogP contribution in [-0.4, -0.2) is 53.3 Å². The molecule has 1 amide bonds. The highest BCUT2D eigenvalue weighted by Gasteiger charge is 2.20. The van der Waals surface area contributed by atoms with E-state index in [2.05, 4.69) is 44.3 Å². The Morgan fingerprint density at radius 3 is 2.74 bits per heavy atom. The number of nitrogens with zero attached hydrogens (tertiary/aromatic N) is 7. The third-order valence-corrected chi connectivity index (χ3v) is 4.68. The first-order valence-electron chi connectivity index (χ1n) is 9.30. The molecule has 0 spiro atoms. The Labute approximate surface area is 158 Å². The van der Waals surface area contributed by atoms with E-state index in [-0.39, 0.29) is 11.9 Å². The van der Waals surface area contributed by atoms with E-state index >= 15 is 0 Å². The maximum absolute atomic E-state index is 12.7. The van der Waals surface area contributed by atoms with Crippen LogP contribution in [0.25, 0.3) is 5.65 Å². The molecule has 1 atom stereocenters. The van der Waals surface area contributed by atoms with E-state index in [0.717, 1.165) is 37.6 Å². The van der Waals surface area contributed by atoms with Crippen molar-refractivity contribution in [1.29, 1.82) is 0 Å². The lowest BCUT2D eigenvalue weighted by Crippen LogP contribution is -2.28. The Morgan fingerprint density at radius 2 is 2.04 bits per heavy atom. The number of carbonyl (C=O) groups excluding carboxylic acids is 1. The average molecular weight is 370 g/mol. The molecule has 0 saturated carbocycles. The molecule has 0 fully saturated rings. The van der Waals surface area contributed by atoms with Gasteiger partial charge in [-0.25, -0.2) is 9.50 Å². The fourth-order valence-electron chi connectivity index (χ4n) is 3.04. The molecule has 0 bridgehead atoms. The molecule has 1 N–H and O–H groups in total. The van der Waals surface area contributed by atoms with Gasteiger partial charge < -0.3 is 9.88 Å². The normalized spacial score (nSPS) is 12.6. The van der Waals surface area contributed by atoms with Gasteiger partial charge in [-0.05, 0) is 26.9 Å². The van der Waals surface area contributed by atoms with Crippen LogP contribution in [0.4, 0.5) is 0 Å². The molecule has 3 heterocycles. The highest BCUT2D eigenvalue weighted by molar-refractivity contribution is 5.99. The summed E-state index contributed by atoms with van der Waals surface area (Å²) in [5.41, 5.74) is 2.05. The van der Waals surface area contributed by atoms with Gasteiger partial charge in [-0.1, -0.05) is 13.8 Å². The van der Waals surface area contributed by atoms with E-state index in [1.54, 1.807) is 17.0 Å². The highest BCUT2D eigenvalue weighted by Crippen LogP contribution is 2.14. The molecule has 9 nitrogen and oxygen atoms in total. The van der Waals surface area contributed by atoms with Crippen LogP contribution in [0.3, 0.4) is 0 Å². The Morgan fingerprint density at radius 1 is 1.26 bits per heavy atom. The van der Waals surface area contributed by atoms with Gasteiger partial charge in [0, 0.05) is 31.0 Å². The summed E-state index contributed by atoms with van der Waals surface area (Å²) in [7, 11) is 0. The number of hydrogen-bond acceptors (Lipinski definition) is 6. The summed E-state index contributed by atoms with van der Waals surface area (Å²) in [4.78, 5) is 19.5. The first-order valence-corrected chi connectivity index (χ1v) is 9.30. The standard InChI is InChI=1S/C18H26N8O/c1-5-24(6-2)10-14-8-19-17-15(9-21-26(17)11-14)18(27)22-13(4)16-23-20-12-25(16)7-3/h8-9,11-13H,5-7,10H2,1-4H3,(H,22,27)/t13-/m1/s1. The largest absolute Gasteiger partial charge is 0.342 e. The molecule has 3 rings (SSSR count). The van der Waals surface area contributed by atoms with Gasteiger partial charge in [-0.2, -0.15) is 5.10 Å². The van der Waals surface area contributed by atoms with Gasteiger partial charge in [0.25, 0.3) is 5.91 Å². The maximum Gasteiger partial charge on any atom is 0.257 e. The minimum Gasteiger partial charge on any atom is -0.342 e. The predicted molar refractivity (Wildman–Crippen MR) is 101 cm³/mol. The quantitative estimate of drug-likeness (QED) is 0.648. The summed E-state index contributed by atoms with van der Waals surface area (Å²) >= 11 is 0. The van der Waals surface area contributed by atoms with Gasteiger partial charge in [0.1, 0.15) is 11.9 Å². The van der Waals surface area contributed by atoms with Gasteiger partial charge in [-0.15, -0.1) is 10.2 Å². The predicted octanol–water partition coefficient (Wildman–Crippen LogP) is 1.67. The number of aromatic nitrogens is 6. The molecule has 0 radical (unpaired) electrons. The minimum atomic E-state index is -0.267. The number of carbonyl (C=O) groups is 1. The van der Waals surface area contributed by atoms with Gasteiger partial charge in [0.05, 0.1) is 12.2 Å². The molecular formula is C18H26N8O. The van der Waals surface area contributed by atoms with Crippen molar-refractivity contribution in [3.05, 3.63) is 41.9 Å². The maximum atomic E-state index is 12.7. The van der Waals surface area contributed by atoms with Crippen molar-refractivity contribution in [3.8, 4) is 0 Å². The van der Waals surface area contributed by atoms with Crippen LogP contribution in [-0.2, 0) is 13.1 Å². The fourth-order valence-corrected chi connectivity index (χ4v) is 3.04. The Kier molecular flexibility index (Phi) is 5.80. The van der Waals surface area contributed by atoms with E-state index in [0.29, 0.717) is 11.2 Å². The van der Waals surface area contributed by atoms with E-state index < -0.39 is 0 Å². The second-order valence-electron chi connectivity index (χ2n) is 6.42. The molecule has 0 aliphatic carbocycles. The SMILES string of the molecule is CCN(CC)Cc1cnc2c(C(=O)N[C@H](C)c3nncn3CC)cnn2c1. The lowest BCUT2D eigenvalue weighted by Gasteiger charge is -2.17. The van der Waals surface area contributed by atoms with Crippen molar-refractivity contribution in [1.82, 2.24) is 39.6 Å². The molecule has 0 aromatic carbocycles. The third-order valence-electron chi connectivity index (χ3n) is 4.68. The topological polar surface area (TPSA) is 93.2 Å². The summed E-state index contributed by atoms with van der Waals surface area (Å²) in [6.45, 7) is 11.7. The van der Waals surface area contributed by atoms with Crippen LogP contribution in [0, 0.1) is 0 Å². The highest BCUT2D eigenvalue weighted by atomic mass is 16.1. The van der Waals surface area contributed by atoms with Gasteiger partial charge in [0.2, 0.25) is 0 Å². The van der Waals surface area contributed by atoms with Crippen LogP contribution in [0.5, 0.6) is 0 Å². The van der Waals surface area contributed by atoms with Crippen molar-refractivity contribution in [2.24, 2.45) is 0 Å². The van der Waals surface area contributed by atoms with Gasteiger partial charge >= 0.3 is 0 Å². The molecule has 3 aromatic heterocycles. The first-order chi connectivity index (χ1) is 13.1. The molecule has 0 saturated heterocycles. The molecule has 144 valence electrons. The smallest absolute Gasteiger partial charge is 0.257 e. The summed E-state index contributed by atoms with van der Waals surface area (Å²) < 4.78 is 3.56. The number of aryl methyl sites for hydroxylation is 1. The van der Waals surface area contributed by atoms with Crippen LogP contribution in [0.15, 0.2) is 24.9 Å². The number of rotatable bonds is 8. The number of fused-ring (bicyclic) bond motifs is 1. The molecule has 9 heteroatoms. The van der Waals surface area contributed by atoms with Crippen molar-refractivity contribution in [3.63, 3.8) is 0 Å². The summed E-state index contributed by atoms with van der Waals surface area (Å²) in [5.74, 6) is 0.490. The Bertz CT molecular complexity index is 911. The van der Waals surface area contributed by atoms with Crippen LogP contribution in [0.2, 0.25) is 0 Å². The zero-order valence-electron chi connectivity index (χ0n) is 16.3. The van der Waals surface area contributed by atoms with E-state index in [4.69, 9.17) is 0 Å². The van der Waals surface area contributed by atoms with Crippen molar-refractivity contribution < 1.29 is 4.79 Å². The average Bonchev–Trinajstić information content (AvgIpc) is 3.32. The second kappa shape index (κ2) is 8.26. The van der Waals surface area contributed by atoms with E-state index in [1.807, 2.05) is 30.8 Å².